The third-order valence-electron chi connectivity index (χ3n) is 4.92. The van der Waals surface area contributed by atoms with Gasteiger partial charge < -0.3 is 4.90 Å². The van der Waals surface area contributed by atoms with E-state index in [1.165, 1.54) is 17.2 Å². The standard InChI is InChI=1S/C22H27N3O2/c26-22(23-27)10-9-20-7-4-8-21(17-20)18-25-15-13-24(14-16-25)12-11-19-5-2-1-3-6-19/h1-10,17,27H,11-16,18H2,(H,23,26)/b10-9+. The van der Waals surface area contributed by atoms with E-state index in [1.54, 1.807) is 11.6 Å². The van der Waals surface area contributed by atoms with E-state index in [0.29, 0.717) is 0 Å². The van der Waals surface area contributed by atoms with Crippen molar-refractivity contribution in [1.82, 2.24) is 15.3 Å². The number of hydroxylamine groups is 1. The summed E-state index contributed by atoms with van der Waals surface area (Å²) < 4.78 is 0. The Morgan fingerprint density at radius 2 is 1.67 bits per heavy atom. The zero-order valence-corrected chi connectivity index (χ0v) is 15.6. The zero-order valence-electron chi connectivity index (χ0n) is 15.6. The highest BCUT2D eigenvalue weighted by Crippen LogP contribution is 2.12. The lowest BCUT2D eigenvalue weighted by Crippen LogP contribution is -2.46. The summed E-state index contributed by atoms with van der Waals surface area (Å²) in [6, 6.07) is 18.8. The van der Waals surface area contributed by atoms with E-state index in [-0.39, 0.29) is 0 Å². The summed E-state index contributed by atoms with van der Waals surface area (Å²) >= 11 is 0. The van der Waals surface area contributed by atoms with Gasteiger partial charge in [-0.05, 0) is 29.2 Å². The van der Waals surface area contributed by atoms with Crippen LogP contribution in [0.2, 0.25) is 0 Å². The first-order chi connectivity index (χ1) is 13.2. The van der Waals surface area contributed by atoms with E-state index in [1.807, 2.05) is 12.1 Å². The van der Waals surface area contributed by atoms with Gasteiger partial charge in [0, 0.05) is 45.3 Å². The molecule has 1 saturated heterocycles. The van der Waals surface area contributed by atoms with Crippen molar-refractivity contribution in [2.75, 3.05) is 32.7 Å². The summed E-state index contributed by atoms with van der Waals surface area (Å²) in [4.78, 5) is 16.1. The van der Waals surface area contributed by atoms with Crippen LogP contribution >= 0.6 is 0 Å². The molecule has 2 N–H and O–H groups in total. The van der Waals surface area contributed by atoms with Gasteiger partial charge in [0.1, 0.15) is 0 Å². The molecule has 27 heavy (non-hydrogen) atoms. The normalized spacial score (nSPS) is 15.9. The van der Waals surface area contributed by atoms with Crippen LogP contribution in [0.1, 0.15) is 16.7 Å². The molecule has 0 radical (unpaired) electrons. The fourth-order valence-electron chi connectivity index (χ4n) is 3.37. The van der Waals surface area contributed by atoms with E-state index in [9.17, 15) is 4.79 Å². The van der Waals surface area contributed by atoms with Crippen LogP contribution in [0.3, 0.4) is 0 Å². The van der Waals surface area contributed by atoms with Crippen LogP contribution in [0.5, 0.6) is 0 Å². The molecule has 0 aromatic heterocycles. The molecular formula is C22H27N3O2. The van der Waals surface area contributed by atoms with Gasteiger partial charge >= 0.3 is 0 Å². The van der Waals surface area contributed by atoms with Crippen molar-refractivity contribution < 1.29 is 10.0 Å². The molecule has 1 amide bonds. The third-order valence-corrected chi connectivity index (χ3v) is 4.92. The lowest BCUT2D eigenvalue weighted by Gasteiger charge is -2.34. The summed E-state index contributed by atoms with van der Waals surface area (Å²) in [6.45, 7) is 6.38. The van der Waals surface area contributed by atoms with Crippen molar-refractivity contribution in [2.45, 2.75) is 13.0 Å². The molecule has 1 fully saturated rings. The van der Waals surface area contributed by atoms with Crippen LogP contribution in [0.25, 0.3) is 6.08 Å². The predicted molar refractivity (Wildman–Crippen MR) is 107 cm³/mol. The summed E-state index contributed by atoms with van der Waals surface area (Å²) in [5.74, 6) is -0.521. The smallest absolute Gasteiger partial charge is 0.267 e. The van der Waals surface area contributed by atoms with Crippen molar-refractivity contribution in [1.29, 1.82) is 0 Å². The minimum absolute atomic E-state index is 0.521. The number of amides is 1. The highest BCUT2D eigenvalue weighted by atomic mass is 16.5. The number of benzene rings is 2. The van der Waals surface area contributed by atoms with Gasteiger partial charge in [0.05, 0.1) is 0 Å². The molecule has 142 valence electrons. The summed E-state index contributed by atoms with van der Waals surface area (Å²) in [5, 5.41) is 8.55. The van der Waals surface area contributed by atoms with Gasteiger partial charge in [0.15, 0.2) is 0 Å². The Kier molecular flexibility index (Phi) is 7.16. The molecule has 1 aliphatic heterocycles. The highest BCUT2D eigenvalue weighted by Gasteiger charge is 2.16. The first-order valence-corrected chi connectivity index (χ1v) is 9.42. The van der Waals surface area contributed by atoms with E-state index < -0.39 is 5.91 Å². The van der Waals surface area contributed by atoms with Gasteiger partial charge in [-0.15, -0.1) is 0 Å². The van der Waals surface area contributed by atoms with Crippen LogP contribution in [0.15, 0.2) is 60.7 Å². The Morgan fingerprint density at radius 1 is 0.963 bits per heavy atom. The van der Waals surface area contributed by atoms with Gasteiger partial charge in [0.25, 0.3) is 5.91 Å². The molecule has 0 saturated carbocycles. The van der Waals surface area contributed by atoms with Crippen molar-refractivity contribution in [3.8, 4) is 0 Å². The molecule has 0 unspecified atom stereocenters. The first-order valence-electron chi connectivity index (χ1n) is 9.42. The first kappa shape index (κ1) is 19.3. The van der Waals surface area contributed by atoms with E-state index in [2.05, 4.69) is 52.3 Å². The Labute approximate surface area is 160 Å². The molecule has 1 heterocycles. The maximum absolute atomic E-state index is 11.1. The van der Waals surface area contributed by atoms with Gasteiger partial charge in [-0.3, -0.25) is 14.9 Å². The predicted octanol–water partition coefficient (Wildman–Crippen LogP) is 2.57. The molecule has 0 aliphatic carbocycles. The number of nitrogens with zero attached hydrogens (tertiary/aromatic N) is 2. The van der Waals surface area contributed by atoms with E-state index in [4.69, 9.17) is 5.21 Å². The van der Waals surface area contributed by atoms with Crippen molar-refractivity contribution in [2.24, 2.45) is 0 Å². The number of hydrogen-bond acceptors (Lipinski definition) is 4. The molecule has 0 bridgehead atoms. The number of rotatable bonds is 7. The quantitative estimate of drug-likeness (QED) is 0.450. The second-order valence-corrected chi connectivity index (χ2v) is 6.91. The number of nitrogens with one attached hydrogen (secondary N) is 1. The average Bonchev–Trinajstić information content (AvgIpc) is 2.72. The number of piperazine rings is 1. The number of carbonyl (C=O) groups excluding carboxylic acids is 1. The van der Waals surface area contributed by atoms with Gasteiger partial charge in [-0.25, -0.2) is 5.48 Å². The van der Waals surface area contributed by atoms with E-state index in [0.717, 1.165) is 51.3 Å². The largest absolute Gasteiger partial charge is 0.300 e. The van der Waals surface area contributed by atoms with Crippen LogP contribution < -0.4 is 5.48 Å². The Balaban J connectivity index is 1.45. The van der Waals surface area contributed by atoms with Crippen molar-refractivity contribution >= 4 is 12.0 Å². The van der Waals surface area contributed by atoms with Crippen LogP contribution in [-0.2, 0) is 17.8 Å². The number of carbonyl (C=O) groups is 1. The Morgan fingerprint density at radius 3 is 2.41 bits per heavy atom. The minimum atomic E-state index is -0.521. The summed E-state index contributed by atoms with van der Waals surface area (Å²) in [5.41, 5.74) is 5.20. The van der Waals surface area contributed by atoms with Gasteiger partial charge in [0.2, 0.25) is 0 Å². The molecular weight excluding hydrogens is 338 g/mol. The molecule has 5 heteroatoms. The minimum Gasteiger partial charge on any atom is -0.300 e. The maximum Gasteiger partial charge on any atom is 0.267 e. The van der Waals surface area contributed by atoms with Gasteiger partial charge in [-0.2, -0.15) is 0 Å². The SMILES string of the molecule is O=C(/C=C/c1cccc(CN2CCN(CCc3ccccc3)CC2)c1)NO. The Hall–Kier alpha value is -2.47. The summed E-state index contributed by atoms with van der Waals surface area (Å²) in [7, 11) is 0. The molecule has 0 spiro atoms. The van der Waals surface area contributed by atoms with Crippen LogP contribution in [-0.4, -0.2) is 53.6 Å². The second kappa shape index (κ2) is 10.0. The maximum atomic E-state index is 11.1. The van der Waals surface area contributed by atoms with Gasteiger partial charge in [-0.1, -0.05) is 54.6 Å². The fourth-order valence-corrected chi connectivity index (χ4v) is 3.37. The summed E-state index contributed by atoms with van der Waals surface area (Å²) in [6.07, 6.45) is 4.14. The highest BCUT2D eigenvalue weighted by molar-refractivity contribution is 5.90. The average molecular weight is 365 g/mol. The molecule has 0 atom stereocenters. The Bertz CT molecular complexity index is 753. The second-order valence-electron chi connectivity index (χ2n) is 6.91. The topological polar surface area (TPSA) is 55.8 Å². The molecule has 5 nitrogen and oxygen atoms in total. The lowest BCUT2D eigenvalue weighted by atomic mass is 10.1. The lowest BCUT2D eigenvalue weighted by molar-refractivity contribution is -0.124. The zero-order chi connectivity index (χ0) is 18.9. The van der Waals surface area contributed by atoms with Crippen LogP contribution in [0.4, 0.5) is 0 Å². The van der Waals surface area contributed by atoms with Crippen molar-refractivity contribution in [3.05, 3.63) is 77.4 Å². The molecule has 1 aliphatic rings. The third kappa shape index (κ3) is 6.32. The number of hydrogen-bond donors (Lipinski definition) is 2. The van der Waals surface area contributed by atoms with E-state index >= 15 is 0 Å². The fraction of sp³-hybridized carbons (Fsp3) is 0.318. The molecule has 2 aromatic carbocycles. The van der Waals surface area contributed by atoms with Crippen LogP contribution in [0, 0.1) is 0 Å². The molecule has 2 aromatic rings. The van der Waals surface area contributed by atoms with Crippen molar-refractivity contribution in [3.63, 3.8) is 0 Å². The monoisotopic (exact) mass is 365 g/mol. The molecule has 3 rings (SSSR count).